The van der Waals surface area contributed by atoms with Crippen LogP contribution in [0.3, 0.4) is 0 Å². The van der Waals surface area contributed by atoms with Gasteiger partial charge in [0.1, 0.15) is 0 Å². The predicted molar refractivity (Wildman–Crippen MR) is 66.2 cm³/mol. The highest BCUT2D eigenvalue weighted by Gasteiger charge is 2.51. The number of nitrogens with one attached hydrogen (secondary N) is 1. The van der Waals surface area contributed by atoms with Gasteiger partial charge in [0.25, 0.3) is 0 Å². The molecule has 0 radical (unpaired) electrons. The first-order valence-electron chi connectivity index (χ1n) is 6.54. The summed E-state index contributed by atoms with van der Waals surface area (Å²) in [6, 6.07) is 0. The summed E-state index contributed by atoms with van der Waals surface area (Å²) >= 11 is 0. The Labute approximate surface area is 115 Å². The molecule has 7 nitrogen and oxygen atoms in total. The molecule has 106 valence electrons. The van der Waals surface area contributed by atoms with E-state index in [4.69, 9.17) is 4.52 Å². The van der Waals surface area contributed by atoms with Crippen LogP contribution in [0.5, 0.6) is 0 Å². The maximum atomic E-state index is 12.2. The zero-order valence-corrected chi connectivity index (χ0v) is 10.9. The second-order valence-corrected chi connectivity index (χ2v) is 5.29. The monoisotopic (exact) mass is 277 g/mol. The molecule has 0 spiro atoms. The minimum Gasteiger partial charge on any atom is -0.481 e. The standard InChI is InChI=1S/C13H15N3O4/c1-6-15-9(20-16-6)5-14-12(17)10-7-2-3-8(4-7)11(10)13(18)19/h2-3,7-8,10-11H,4-5H2,1H3,(H,14,17)(H,18,19)/t7?,8?,10-,11+/m0/s1. The van der Waals surface area contributed by atoms with E-state index in [9.17, 15) is 14.7 Å². The van der Waals surface area contributed by atoms with Crippen LogP contribution in [0.1, 0.15) is 18.1 Å². The summed E-state index contributed by atoms with van der Waals surface area (Å²) in [5, 5.41) is 15.6. The molecule has 4 atom stereocenters. The molecule has 20 heavy (non-hydrogen) atoms. The molecule has 1 heterocycles. The first-order chi connectivity index (χ1) is 9.56. The zero-order valence-electron chi connectivity index (χ0n) is 10.9. The van der Waals surface area contributed by atoms with E-state index in [1.165, 1.54) is 0 Å². The van der Waals surface area contributed by atoms with Gasteiger partial charge in [-0.3, -0.25) is 9.59 Å². The number of aliphatic carboxylic acids is 1. The summed E-state index contributed by atoms with van der Waals surface area (Å²) in [7, 11) is 0. The molecule has 1 saturated carbocycles. The summed E-state index contributed by atoms with van der Waals surface area (Å²) in [6.45, 7) is 1.82. The van der Waals surface area contributed by atoms with E-state index in [0.29, 0.717) is 11.7 Å². The molecule has 2 unspecified atom stereocenters. The molecular weight excluding hydrogens is 262 g/mol. The molecule has 0 aliphatic heterocycles. The number of fused-ring (bicyclic) bond motifs is 2. The van der Waals surface area contributed by atoms with E-state index in [0.717, 1.165) is 6.42 Å². The molecule has 1 fully saturated rings. The van der Waals surface area contributed by atoms with Crippen LogP contribution in [0.2, 0.25) is 0 Å². The van der Waals surface area contributed by atoms with Crippen LogP contribution < -0.4 is 5.32 Å². The van der Waals surface area contributed by atoms with Crippen LogP contribution in [0.15, 0.2) is 16.7 Å². The van der Waals surface area contributed by atoms with Gasteiger partial charge >= 0.3 is 5.97 Å². The van der Waals surface area contributed by atoms with Gasteiger partial charge in [0, 0.05) is 0 Å². The zero-order chi connectivity index (χ0) is 14.3. The fraction of sp³-hybridized carbons (Fsp3) is 0.538. The number of amides is 1. The molecule has 2 aliphatic rings. The van der Waals surface area contributed by atoms with Gasteiger partial charge in [0.15, 0.2) is 5.82 Å². The van der Waals surface area contributed by atoms with Crippen molar-refractivity contribution in [1.82, 2.24) is 15.5 Å². The number of rotatable bonds is 4. The average molecular weight is 277 g/mol. The third kappa shape index (κ3) is 2.09. The Hall–Kier alpha value is -2.18. The maximum Gasteiger partial charge on any atom is 0.307 e. The molecule has 1 aromatic rings. The molecule has 3 rings (SSSR count). The van der Waals surface area contributed by atoms with Gasteiger partial charge in [0.05, 0.1) is 18.4 Å². The Morgan fingerprint density at radius 3 is 2.70 bits per heavy atom. The van der Waals surface area contributed by atoms with Crippen LogP contribution in [-0.2, 0) is 16.1 Å². The number of carboxylic acids is 1. The SMILES string of the molecule is Cc1noc(CNC(=O)[C@H]2C3C=CC(C3)[C@H]2C(=O)O)n1. The van der Waals surface area contributed by atoms with E-state index in [1.54, 1.807) is 6.92 Å². The topological polar surface area (TPSA) is 105 Å². The van der Waals surface area contributed by atoms with Crippen molar-refractivity contribution < 1.29 is 19.2 Å². The highest BCUT2D eigenvalue weighted by molar-refractivity contribution is 5.86. The number of hydrogen-bond donors (Lipinski definition) is 2. The van der Waals surface area contributed by atoms with Crippen molar-refractivity contribution in [2.45, 2.75) is 19.9 Å². The molecule has 0 saturated heterocycles. The lowest BCUT2D eigenvalue weighted by Gasteiger charge is -2.23. The summed E-state index contributed by atoms with van der Waals surface area (Å²) < 4.78 is 4.91. The van der Waals surface area contributed by atoms with Crippen molar-refractivity contribution in [3.05, 3.63) is 23.9 Å². The third-order valence-electron chi connectivity index (χ3n) is 4.03. The summed E-state index contributed by atoms with van der Waals surface area (Å²) in [5.41, 5.74) is 0. The molecule has 1 amide bonds. The van der Waals surface area contributed by atoms with E-state index in [-0.39, 0.29) is 24.3 Å². The van der Waals surface area contributed by atoms with Crippen molar-refractivity contribution in [2.24, 2.45) is 23.7 Å². The summed E-state index contributed by atoms with van der Waals surface area (Å²) in [4.78, 5) is 27.5. The first-order valence-corrected chi connectivity index (χ1v) is 6.54. The molecular formula is C13H15N3O4. The largest absolute Gasteiger partial charge is 0.481 e. The van der Waals surface area contributed by atoms with Crippen molar-refractivity contribution >= 4 is 11.9 Å². The number of hydrogen-bond acceptors (Lipinski definition) is 5. The second kappa shape index (κ2) is 4.73. The molecule has 2 aliphatic carbocycles. The predicted octanol–water partition coefficient (Wildman–Crippen LogP) is 0.517. The van der Waals surface area contributed by atoms with E-state index >= 15 is 0 Å². The first kappa shape index (κ1) is 12.8. The number of nitrogens with zero attached hydrogens (tertiary/aromatic N) is 2. The molecule has 0 aromatic carbocycles. The maximum absolute atomic E-state index is 12.2. The van der Waals surface area contributed by atoms with Gasteiger partial charge in [-0.05, 0) is 25.2 Å². The van der Waals surface area contributed by atoms with Crippen molar-refractivity contribution in [2.75, 3.05) is 0 Å². The van der Waals surface area contributed by atoms with E-state index < -0.39 is 17.8 Å². The smallest absolute Gasteiger partial charge is 0.307 e. The third-order valence-corrected chi connectivity index (χ3v) is 4.03. The Bertz CT molecular complexity index is 580. The quantitative estimate of drug-likeness (QED) is 0.777. The fourth-order valence-electron chi connectivity index (χ4n) is 3.21. The number of aromatic nitrogens is 2. The van der Waals surface area contributed by atoms with Crippen LogP contribution in [0.25, 0.3) is 0 Å². The molecule has 2 bridgehead atoms. The van der Waals surface area contributed by atoms with E-state index in [1.807, 2.05) is 12.2 Å². The van der Waals surface area contributed by atoms with Gasteiger partial charge in [-0.25, -0.2) is 0 Å². The molecule has 1 aromatic heterocycles. The van der Waals surface area contributed by atoms with Gasteiger partial charge in [0.2, 0.25) is 11.8 Å². The lowest BCUT2D eigenvalue weighted by atomic mass is 9.82. The minimum absolute atomic E-state index is 0.0190. The van der Waals surface area contributed by atoms with Crippen LogP contribution in [0, 0.1) is 30.6 Å². The highest BCUT2D eigenvalue weighted by atomic mass is 16.5. The van der Waals surface area contributed by atoms with Gasteiger partial charge in [-0.1, -0.05) is 17.3 Å². The summed E-state index contributed by atoms with van der Waals surface area (Å²) in [5.74, 6) is -1.49. The van der Waals surface area contributed by atoms with Gasteiger partial charge < -0.3 is 14.9 Å². The Morgan fingerprint density at radius 2 is 2.10 bits per heavy atom. The van der Waals surface area contributed by atoms with E-state index in [2.05, 4.69) is 15.5 Å². The number of aryl methyl sites for hydroxylation is 1. The number of carbonyl (C=O) groups is 2. The number of carboxylic acid groups (broad SMARTS) is 1. The Balaban J connectivity index is 1.67. The fourth-order valence-corrected chi connectivity index (χ4v) is 3.21. The average Bonchev–Trinajstić information content (AvgIpc) is 3.10. The lowest BCUT2D eigenvalue weighted by molar-refractivity contribution is -0.147. The van der Waals surface area contributed by atoms with Crippen molar-refractivity contribution in [3.63, 3.8) is 0 Å². The van der Waals surface area contributed by atoms with Gasteiger partial charge in [-0.15, -0.1) is 0 Å². The van der Waals surface area contributed by atoms with Crippen LogP contribution >= 0.6 is 0 Å². The number of allylic oxidation sites excluding steroid dienone is 2. The second-order valence-electron chi connectivity index (χ2n) is 5.29. The van der Waals surface area contributed by atoms with Crippen molar-refractivity contribution in [1.29, 1.82) is 0 Å². The Kier molecular flexibility index (Phi) is 3.04. The minimum atomic E-state index is -0.907. The van der Waals surface area contributed by atoms with Crippen LogP contribution in [0.4, 0.5) is 0 Å². The Morgan fingerprint density at radius 1 is 1.40 bits per heavy atom. The normalized spacial score (nSPS) is 30.6. The van der Waals surface area contributed by atoms with Gasteiger partial charge in [-0.2, -0.15) is 4.98 Å². The summed E-state index contributed by atoms with van der Waals surface area (Å²) in [6.07, 6.45) is 4.61. The number of carbonyl (C=O) groups excluding carboxylic acids is 1. The molecule has 7 heteroatoms. The van der Waals surface area contributed by atoms with Crippen LogP contribution in [-0.4, -0.2) is 27.1 Å². The van der Waals surface area contributed by atoms with Crippen molar-refractivity contribution in [3.8, 4) is 0 Å². The molecule has 2 N–H and O–H groups in total. The highest BCUT2D eigenvalue weighted by Crippen LogP contribution is 2.48. The lowest BCUT2D eigenvalue weighted by Crippen LogP contribution is -2.39.